The van der Waals surface area contributed by atoms with Gasteiger partial charge in [0, 0.05) is 60.3 Å². The molecule has 1 saturated carbocycles. The van der Waals surface area contributed by atoms with Gasteiger partial charge in [0.15, 0.2) is 0 Å². The van der Waals surface area contributed by atoms with Crippen LogP contribution in [-0.4, -0.2) is 105 Å². The van der Waals surface area contributed by atoms with Gasteiger partial charge in [-0.05, 0) is 69.4 Å². The molecule has 2 fully saturated rings. The zero-order chi connectivity index (χ0) is 37.1. The number of fused-ring (bicyclic) bond motifs is 1. The van der Waals surface area contributed by atoms with E-state index in [0.29, 0.717) is 68.7 Å². The molecule has 2 amide bonds. The average Bonchev–Trinajstić information content (AvgIpc) is 3.52. The second-order valence-corrected chi connectivity index (χ2v) is 17.5. The first-order chi connectivity index (χ1) is 24.0. The van der Waals surface area contributed by atoms with Crippen molar-refractivity contribution in [3.8, 4) is 5.75 Å². The fraction of sp³-hybridized carbons (Fsp3) is 0.541. The molecule has 51 heavy (non-hydrogen) atoms. The maximum absolute atomic E-state index is 14.1. The summed E-state index contributed by atoms with van der Waals surface area (Å²) in [6.07, 6.45) is 4.10. The second kappa shape index (κ2) is 15.9. The maximum atomic E-state index is 14.1. The SMILES string of the molecule is Cc1cc(C)c2cccc(OCc3c(Cl)ccc(S(=O)(=O)NC4(C(=O)N5CCN(C(=O)CC(N)CCC[N+](C)(C)C)CC5)CCCC4)c3Cl)c2n1. The number of aryl methyl sites for hydroxylation is 2. The maximum Gasteiger partial charge on any atom is 0.243 e. The van der Waals surface area contributed by atoms with Crippen LogP contribution in [0, 0.1) is 13.8 Å². The summed E-state index contributed by atoms with van der Waals surface area (Å²) >= 11 is 13.3. The molecule has 2 aromatic carbocycles. The van der Waals surface area contributed by atoms with Crippen molar-refractivity contribution in [2.45, 2.75) is 81.9 Å². The lowest BCUT2D eigenvalue weighted by Gasteiger charge is -2.40. The summed E-state index contributed by atoms with van der Waals surface area (Å²) in [5.74, 6) is 0.221. The lowest BCUT2D eigenvalue weighted by molar-refractivity contribution is -0.870. The fourth-order valence-electron chi connectivity index (χ4n) is 7.13. The summed E-state index contributed by atoms with van der Waals surface area (Å²) in [6, 6.07) is 10.3. The number of hydrogen-bond donors (Lipinski definition) is 2. The molecule has 278 valence electrons. The summed E-state index contributed by atoms with van der Waals surface area (Å²) < 4.78 is 37.8. The standard InChI is InChI=1S/C37H51Cl2N6O5S/c1-25-22-26(2)41-35-28(25)11-8-12-31(35)50-24-29-30(38)13-14-32(34(29)39)51(48,49)42-37(15-6-7-16-37)36(47)44-19-17-43(18-20-44)33(46)23-27(40)10-9-21-45(3,4)5/h8,11-14,22,27,42H,6-7,9-10,15-21,23-24,40H2,1-5H3/q+1. The average molecular weight is 763 g/mol. The highest BCUT2D eigenvalue weighted by atomic mass is 35.5. The number of sulfonamides is 1. The highest BCUT2D eigenvalue weighted by Crippen LogP contribution is 2.37. The Hall–Kier alpha value is -3.00. The molecular weight excluding hydrogens is 711 g/mol. The first-order valence-corrected chi connectivity index (χ1v) is 19.9. The van der Waals surface area contributed by atoms with Gasteiger partial charge in [-0.1, -0.05) is 48.2 Å². The van der Waals surface area contributed by atoms with Crippen LogP contribution in [0.2, 0.25) is 10.0 Å². The van der Waals surface area contributed by atoms with Gasteiger partial charge >= 0.3 is 0 Å². The molecule has 2 aliphatic rings. The van der Waals surface area contributed by atoms with Crippen LogP contribution in [-0.2, 0) is 26.2 Å². The number of carbonyl (C=O) groups excluding carboxylic acids is 2. The third-order valence-corrected chi connectivity index (χ3v) is 12.4. The Morgan fingerprint density at radius 3 is 2.37 bits per heavy atom. The lowest BCUT2D eigenvalue weighted by atomic mass is 9.96. The zero-order valence-electron chi connectivity index (χ0n) is 30.3. The van der Waals surface area contributed by atoms with Gasteiger partial charge < -0.3 is 24.8 Å². The summed E-state index contributed by atoms with van der Waals surface area (Å²) in [5, 5.41) is 1.13. The van der Waals surface area contributed by atoms with Crippen LogP contribution < -0.4 is 15.2 Å². The van der Waals surface area contributed by atoms with Gasteiger partial charge in [0.25, 0.3) is 0 Å². The number of ether oxygens (including phenoxy) is 1. The molecule has 5 rings (SSSR count). The highest BCUT2D eigenvalue weighted by Gasteiger charge is 2.47. The van der Waals surface area contributed by atoms with Gasteiger partial charge in [0.2, 0.25) is 21.8 Å². The number of nitrogens with two attached hydrogens (primary N) is 1. The summed E-state index contributed by atoms with van der Waals surface area (Å²) in [6.45, 7) is 6.18. The minimum Gasteiger partial charge on any atom is -0.487 e. The molecule has 1 saturated heterocycles. The molecular formula is C37H51Cl2N6O5S+. The Morgan fingerprint density at radius 2 is 1.71 bits per heavy atom. The Bertz CT molecular complexity index is 1870. The first kappa shape index (κ1) is 39.2. The molecule has 1 unspecified atom stereocenters. The molecule has 1 aromatic heterocycles. The van der Waals surface area contributed by atoms with Crippen LogP contribution in [0.1, 0.15) is 61.8 Å². The van der Waals surface area contributed by atoms with Crippen molar-refractivity contribution in [3.63, 3.8) is 0 Å². The van der Waals surface area contributed by atoms with Crippen molar-refractivity contribution >= 4 is 55.9 Å². The number of quaternary nitrogens is 1. The van der Waals surface area contributed by atoms with Crippen molar-refractivity contribution in [1.82, 2.24) is 19.5 Å². The van der Waals surface area contributed by atoms with Gasteiger partial charge in [-0.2, -0.15) is 4.72 Å². The van der Waals surface area contributed by atoms with Crippen molar-refractivity contribution in [1.29, 1.82) is 0 Å². The molecule has 1 aliphatic heterocycles. The number of rotatable bonds is 13. The van der Waals surface area contributed by atoms with E-state index in [-0.39, 0.29) is 45.8 Å². The number of aromatic nitrogens is 1. The van der Waals surface area contributed by atoms with E-state index in [1.165, 1.54) is 12.1 Å². The van der Waals surface area contributed by atoms with Crippen molar-refractivity contribution in [3.05, 3.63) is 63.3 Å². The van der Waals surface area contributed by atoms with Crippen LogP contribution in [0.25, 0.3) is 10.9 Å². The number of hydrogen-bond acceptors (Lipinski definition) is 7. The van der Waals surface area contributed by atoms with Crippen molar-refractivity contribution < 1.29 is 27.2 Å². The topological polar surface area (TPSA) is 135 Å². The minimum absolute atomic E-state index is 0.0183. The molecule has 1 aliphatic carbocycles. The molecule has 14 heteroatoms. The quantitative estimate of drug-likeness (QED) is 0.229. The molecule has 0 radical (unpaired) electrons. The van der Waals surface area contributed by atoms with Crippen molar-refractivity contribution in [2.24, 2.45) is 5.73 Å². The third-order valence-electron chi connectivity index (χ3n) is 9.91. The molecule has 3 N–H and O–H groups in total. The lowest BCUT2D eigenvalue weighted by Crippen LogP contribution is -2.61. The Morgan fingerprint density at radius 1 is 1.04 bits per heavy atom. The number of halogens is 2. The fourth-order valence-corrected chi connectivity index (χ4v) is 9.44. The minimum atomic E-state index is -4.27. The summed E-state index contributed by atoms with van der Waals surface area (Å²) in [4.78, 5) is 35.0. The largest absolute Gasteiger partial charge is 0.487 e. The zero-order valence-corrected chi connectivity index (χ0v) is 32.6. The number of benzene rings is 2. The molecule has 11 nitrogen and oxygen atoms in total. The number of carbonyl (C=O) groups is 2. The van der Waals surface area contributed by atoms with Crippen LogP contribution in [0.5, 0.6) is 5.75 Å². The van der Waals surface area contributed by atoms with Gasteiger partial charge in [-0.15, -0.1) is 0 Å². The second-order valence-electron chi connectivity index (χ2n) is 15.0. The van der Waals surface area contributed by atoms with E-state index in [4.69, 9.17) is 33.7 Å². The normalized spacial score (nSPS) is 17.2. The van der Waals surface area contributed by atoms with Crippen LogP contribution in [0.3, 0.4) is 0 Å². The predicted molar refractivity (Wildman–Crippen MR) is 201 cm³/mol. The smallest absolute Gasteiger partial charge is 0.243 e. The van der Waals surface area contributed by atoms with Gasteiger partial charge in [-0.3, -0.25) is 9.59 Å². The molecule has 2 heterocycles. The number of nitrogens with zero attached hydrogens (tertiary/aromatic N) is 4. The summed E-state index contributed by atoms with van der Waals surface area (Å²) in [5.41, 5.74) is 7.87. The molecule has 0 bridgehead atoms. The van der Waals surface area contributed by atoms with Gasteiger partial charge in [-0.25, -0.2) is 13.4 Å². The van der Waals surface area contributed by atoms with Gasteiger partial charge in [0.1, 0.15) is 28.3 Å². The van der Waals surface area contributed by atoms with E-state index >= 15 is 0 Å². The van der Waals surface area contributed by atoms with E-state index < -0.39 is 15.6 Å². The van der Waals surface area contributed by atoms with Crippen LogP contribution in [0.4, 0.5) is 0 Å². The van der Waals surface area contributed by atoms with Crippen LogP contribution in [0.15, 0.2) is 41.3 Å². The number of piperazine rings is 1. The monoisotopic (exact) mass is 761 g/mol. The summed E-state index contributed by atoms with van der Waals surface area (Å²) in [7, 11) is 2.11. The van der Waals surface area contributed by atoms with Crippen LogP contribution >= 0.6 is 23.2 Å². The Kier molecular flexibility index (Phi) is 12.3. The number of nitrogens with one attached hydrogen (secondary N) is 1. The van der Waals surface area contributed by atoms with Crippen molar-refractivity contribution in [2.75, 3.05) is 53.9 Å². The third kappa shape index (κ3) is 9.33. The Balaban J connectivity index is 1.26. The highest BCUT2D eigenvalue weighted by molar-refractivity contribution is 7.89. The molecule has 1 atom stereocenters. The van der Waals surface area contributed by atoms with Gasteiger partial charge in [0.05, 0.1) is 32.7 Å². The predicted octanol–water partition coefficient (Wildman–Crippen LogP) is 5.20. The first-order valence-electron chi connectivity index (χ1n) is 17.6. The number of pyridine rings is 1. The van der Waals surface area contributed by atoms with E-state index in [9.17, 15) is 18.0 Å². The van der Waals surface area contributed by atoms with E-state index in [1.54, 1.807) is 15.9 Å². The van der Waals surface area contributed by atoms with E-state index in [2.05, 4.69) is 30.8 Å². The van der Waals surface area contributed by atoms with E-state index in [1.807, 2.05) is 32.0 Å². The number of para-hydroxylation sites is 1. The molecule has 3 aromatic rings. The molecule has 0 spiro atoms. The Labute approximate surface area is 312 Å². The number of amides is 2. The van der Waals surface area contributed by atoms with E-state index in [0.717, 1.165) is 40.5 Å².